The third-order valence-corrected chi connectivity index (χ3v) is 3.71. The zero-order valence-electron chi connectivity index (χ0n) is 12.5. The lowest BCUT2D eigenvalue weighted by atomic mass is 10.0. The molecule has 1 aliphatic heterocycles. The van der Waals surface area contributed by atoms with Gasteiger partial charge < -0.3 is 0 Å². The van der Waals surface area contributed by atoms with Crippen molar-refractivity contribution in [1.29, 1.82) is 0 Å². The largest absolute Gasteiger partial charge is 0.440 e. The average Bonchev–Trinajstić information content (AvgIpc) is 2.54. The molecule has 0 aliphatic carbocycles. The number of amides is 1. The maximum atomic E-state index is 12.2. The van der Waals surface area contributed by atoms with Crippen molar-refractivity contribution in [3.05, 3.63) is 65.2 Å². The highest BCUT2D eigenvalue weighted by molar-refractivity contribution is 5.89. The van der Waals surface area contributed by atoms with Crippen molar-refractivity contribution >= 4 is 18.0 Å². The van der Waals surface area contributed by atoms with Crippen LogP contribution in [0.1, 0.15) is 23.1 Å². The summed E-state index contributed by atoms with van der Waals surface area (Å²) in [7, 11) is 0. The van der Waals surface area contributed by atoms with E-state index in [0.717, 1.165) is 29.7 Å². The van der Waals surface area contributed by atoms with Crippen LogP contribution in [-0.2, 0) is 11.3 Å². The van der Waals surface area contributed by atoms with Crippen LogP contribution in [0.15, 0.2) is 53.7 Å². The molecule has 1 amide bonds. The van der Waals surface area contributed by atoms with Gasteiger partial charge in [-0.05, 0) is 37.0 Å². The molecule has 3 rings (SSSR count). The fourth-order valence-corrected chi connectivity index (χ4v) is 2.66. The van der Waals surface area contributed by atoms with Gasteiger partial charge in [0.25, 0.3) is 0 Å². The highest BCUT2D eigenvalue weighted by Gasteiger charge is 2.23. The Morgan fingerprint density at radius 2 is 2.09 bits per heavy atom. The number of nitrogens with zero attached hydrogens (tertiary/aromatic N) is 2. The molecule has 0 bridgehead atoms. The SMILES string of the molecule is Cc1cccc(C=NOC(=O)N2CCCc3ccccc32)c1. The molecule has 0 spiro atoms. The molecule has 0 unspecified atom stereocenters. The van der Waals surface area contributed by atoms with Gasteiger partial charge >= 0.3 is 6.09 Å². The Morgan fingerprint density at radius 1 is 1.23 bits per heavy atom. The van der Waals surface area contributed by atoms with E-state index in [2.05, 4.69) is 5.16 Å². The Balaban J connectivity index is 1.68. The second-order valence-corrected chi connectivity index (χ2v) is 5.39. The van der Waals surface area contributed by atoms with E-state index in [4.69, 9.17) is 4.84 Å². The average molecular weight is 294 g/mol. The molecule has 4 heteroatoms. The number of fused-ring (bicyclic) bond motifs is 1. The number of para-hydroxylation sites is 1. The third kappa shape index (κ3) is 3.17. The number of carbonyl (C=O) groups excluding carboxylic acids is 1. The molecule has 1 heterocycles. The number of anilines is 1. The first-order valence-corrected chi connectivity index (χ1v) is 7.40. The molecule has 2 aromatic carbocycles. The minimum atomic E-state index is -0.434. The zero-order valence-corrected chi connectivity index (χ0v) is 12.5. The number of aryl methyl sites for hydroxylation is 2. The summed E-state index contributed by atoms with van der Waals surface area (Å²) in [4.78, 5) is 18.9. The van der Waals surface area contributed by atoms with Crippen LogP contribution in [0.2, 0.25) is 0 Å². The third-order valence-electron chi connectivity index (χ3n) is 3.71. The van der Waals surface area contributed by atoms with Crippen LogP contribution in [0.5, 0.6) is 0 Å². The predicted octanol–water partition coefficient (Wildman–Crippen LogP) is 3.92. The molecule has 0 saturated heterocycles. The number of benzene rings is 2. The van der Waals surface area contributed by atoms with Gasteiger partial charge in [0.1, 0.15) is 0 Å². The lowest BCUT2D eigenvalue weighted by Gasteiger charge is -2.27. The second kappa shape index (κ2) is 6.43. The summed E-state index contributed by atoms with van der Waals surface area (Å²) >= 11 is 0. The first kappa shape index (κ1) is 14.3. The Labute approximate surface area is 130 Å². The topological polar surface area (TPSA) is 41.9 Å². The number of oxime groups is 1. The van der Waals surface area contributed by atoms with Crippen molar-refractivity contribution in [3.63, 3.8) is 0 Å². The van der Waals surface area contributed by atoms with Gasteiger partial charge in [-0.3, -0.25) is 9.74 Å². The van der Waals surface area contributed by atoms with E-state index >= 15 is 0 Å². The van der Waals surface area contributed by atoms with E-state index in [-0.39, 0.29) is 0 Å². The number of hydrogen-bond acceptors (Lipinski definition) is 3. The van der Waals surface area contributed by atoms with Crippen LogP contribution in [0, 0.1) is 6.92 Å². The zero-order chi connectivity index (χ0) is 15.4. The van der Waals surface area contributed by atoms with Crippen molar-refractivity contribution in [2.24, 2.45) is 5.16 Å². The lowest BCUT2D eigenvalue weighted by molar-refractivity contribution is 0.158. The van der Waals surface area contributed by atoms with Gasteiger partial charge in [-0.25, -0.2) is 4.79 Å². The lowest BCUT2D eigenvalue weighted by Crippen LogP contribution is -2.35. The van der Waals surface area contributed by atoms with Crippen LogP contribution in [-0.4, -0.2) is 18.9 Å². The second-order valence-electron chi connectivity index (χ2n) is 5.39. The van der Waals surface area contributed by atoms with Gasteiger partial charge in [0.15, 0.2) is 0 Å². The summed E-state index contributed by atoms with van der Waals surface area (Å²) in [6.45, 7) is 2.67. The summed E-state index contributed by atoms with van der Waals surface area (Å²) in [6, 6.07) is 15.8. The van der Waals surface area contributed by atoms with Crippen molar-refractivity contribution in [2.45, 2.75) is 19.8 Å². The van der Waals surface area contributed by atoms with Crippen LogP contribution in [0.3, 0.4) is 0 Å². The molecule has 0 fully saturated rings. The molecule has 0 radical (unpaired) electrons. The molecule has 1 aliphatic rings. The van der Waals surface area contributed by atoms with E-state index < -0.39 is 6.09 Å². The van der Waals surface area contributed by atoms with E-state index in [1.807, 2.05) is 55.5 Å². The Bertz CT molecular complexity index is 710. The van der Waals surface area contributed by atoms with Crippen molar-refractivity contribution < 1.29 is 9.63 Å². The van der Waals surface area contributed by atoms with Crippen LogP contribution in [0.4, 0.5) is 10.5 Å². The standard InChI is InChI=1S/C18H18N2O2/c1-14-6-4-7-15(12-14)13-19-22-18(21)20-11-5-9-16-8-2-3-10-17(16)20/h2-4,6-8,10,12-13H,5,9,11H2,1H3. The van der Waals surface area contributed by atoms with Crippen LogP contribution in [0.25, 0.3) is 0 Å². The van der Waals surface area contributed by atoms with Crippen LogP contribution < -0.4 is 4.90 Å². The molecule has 2 aromatic rings. The maximum Gasteiger partial charge on any atom is 0.440 e. The predicted molar refractivity (Wildman–Crippen MR) is 87.4 cm³/mol. The number of rotatable bonds is 2. The highest BCUT2D eigenvalue weighted by atomic mass is 16.7. The first-order valence-electron chi connectivity index (χ1n) is 7.40. The van der Waals surface area contributed by atoms with Gasteiger partial charge in [-0.1, -0.05) is 53.2 Å². The number of carbonyl (C=O) groups is 1. The van der Waals surface area contributed by atoms with E-state index in [1.165, 1.54) is 5.56 Å². The minimum absolute atomic E-state index is 0.434. The van der Waals surface area contributed by atoms with Crippen molar-refractivity contribution in [1.82, 2.24) is 0 Å². The molecule has 0 N–H and O–H groups in total. The van der Waals surface area contributed by atoms with E-state index in [0.29, 0.717) is 6.54 Å². The maximum absolute atomic E-state index is 12.2. The van der Waals surface area contributed by atoms with E-state index in [9.17, 15) is 4.79 Å². The van der Waals surface area contributed by atoms with Gasteiger partial charge in [-0.2, -0.15) is 0 Å². The Hall–Kier alpha value is -2.62. The summed E-state index contributed by atoms with van der Waals surface area (Å²) in [5.74, 6) is 0. The van der Waals surface area contributed by atoms with Crippen molar-refractivity contribution in [2.75, 3.05) is 11.4 Å². The van der Waals surface area contributed by atoms with E-state index in [1.54, 1.807) is 11.1 Å². The Morgan fingerprint density at radius 3 is 2.95 bits per heavy atom. The van der Waals surface area contributed by atoms with Gasteiger partial charge in [0.2, 0.25) is 0 Å². The fraction of sp³-hybridized carbons (Fsp3) is 0.222. The molecular weight excluding hydrogens is 276 g/mol. The minimum Gasteiger partial charge on any atom is -0.298 e. The molecule has 22 heavy (non-hydrogen) atoms. The first-order chi connectivity index (χ1) is 10.7. The fourth-order valence-electron chi connectivity index (χ4n) is 2.66. The highest BCUT2D eigenvalue weighted by Crippen LogP contribution is 2.27. The summed E-state index contributed by atoms with van der Waals surface area (Å²) in [5.41, 5.74) is 4.14. The Kier molecular flexibility index (Phi) is 4.19. The molecular formula is C18H18N2O2. The quantitative estimate of drug-likeness (QED) is 0.478. The smallest absolute Gasteiger partial charge is 0.298 e. The molecule has 0 atom stereocenters. The van der Waals surface area contributed by atoms with Crippen LogP contribution >= 0.6 is 0 Å². The monoisotopic (exact) mass is 294 g/mol. The molecule has 4 nitrogen and oxygen atoms in total. The summed E-state index contributed by atoms with van der Waals surface area (Å²) in [6.07, 6.45) is 3.05. The number of hydrogen-bond donors (Lipinski definition) is 0. The van der Waals surface area contributed by atoms with Gasteiger partial charge in [0.05, 0.1) is 11.9 Å². The molecule has 0 aromatic heterocycles. The summed E-state index contributed by atoms with van der Waals surface area (Å²) in [5, 5.41) is 3.81. The van der Waals surface area contributed by atoms with Gasteiger partial charge in [0, 0.05) is 6.54 Å². The molecule has 0 saturated carbocycles. The molecule has 112 valence electrons. The normalized spacial score (nSPS) is 14.0. The van der Waals surface area contributed by atoms with Gasteiger partial charge in [-0.15, -0.1) is 0 Å². The summed E-state index contributed by atoms with van der Waals surface area (Å²) < 4.78 is 0. The van der Waals surface area contributed by atoms with Crippen molar-refractivity contribution in [3.8, 4) is 0 Å².